The first kappa shape index (κ1) is 19.1. The highest BCUT2D eigenvalue weighted by Crippen LogP contribution is 2.35. The van der Waals surface area contributed by atoms with Gasteiger partial charge in [-0.3, -0.25) is 15.1 Å². The molecule has 0 saturated carbocycles. The zero-order valence-corrected chi connectivity index (χ0v) is 16.4. The molecule has 5 nitrogen and oxygen atoms in total. The molecule has 1 aliphatic rings. The number of nitrogens with one attached hydrogen (secondary N) is 1. The molecule has 0 fully saturated rings. The molecule has 0 bridgehead atoms. The maximum atomic E-state index is 12.2. The predicted octanol–water partition coefficient (Wildman–Crippen LogP) is 2.97. The number of amidine groups is 1. The fourth-order valence-corrected chi connectivity index (χ4v) is 3.77. The number of aryl methyl sites for hydroxylation is 1. The number of aliphatic hydroxyl groups is 1. The van der Waals surface area contributed by atoms with E-state index in [1.54, 1.807) is 4.90 Å². The Bertz CT molecular complexity index is 876. The molecule has 0 aromatic heterocycles. The average Bonchev–Trinajstić information content (AvgIpc) is 2.63. The van der Waals surface area contributed by atoms with Gasteiger partial charge in [0.1, 0.15) is 12.1 Å². The number of anilines is 1. The Balaban J connectivity index is 1.93. The zero-order chi connectivity index (χ0) is 19.7. The zero-order valence-electron chi connectivity index (χ0n) is 16.4. The van der Waals surface area contributed by atoms with Crippen molar-refractivity contribution in [3.8, 4) is 0 Å². The maximum Gasteiger partial charge on any atom is 0.225 e. The summed E-state index contributed by atoms with van der Waals surface area (Å²) in [6.45, 7) is 3.54. The molecule has 0 aliphatic carbocycles. The summed E-state index contributed by atoms with van der Waals surface area (Å²) in [7, 11) is 3.71. The van der Waals surface area contributed by atoms with Crippen molar-refractivity contribution in [1.82, 2.24) is 4.90 Å². The summed E-state index contributed by atoms with van der Waals surface area (Å²) in [6.07, 6.45) is 0.518. The molecule has 5 heteroatoms. The third-order valence-electron chi connectivity index (χ3n) is 5.31. The molecule has 0 saturated heterocycles. The largest absolute Gasteiger partial charge is 0.373 e. The van der Waals surface area contributed by atoms with Crippen molar-refractivity contribution < 1.29 is 9.90 Å². The van der Waals surface area contributed by atoms with Gasteiger partial charge < -0.3 is 10.0 Å². The lowest BCUT2D eigenvalue weighted by atomic mass is 9.84. The van der Waals surface area contributed by atoms with Crippen LogP contribution in [0.2, 0.25) is 0 Å². The number of hydrogen-bond acceptors (Lipinski definition) is 3. The lowest BCUT2D eigenvalue weighted by Gasteiger charge is -2.39. The summed E-state index contributed by atoms with van der Waals surface area (Å²) in [6, 6.07) is 13.8. The SMILES string of the molecule is CC(=O)N1c2ccccc2C[C@@H](Cc2cc(C(=N)N(C)C)ccc2C)[C@@H]1O. The van der Waals surface area contributed by atoms with E-state index in [2.05, 4.69) is 0 Å². The van der Waals surface area contributed by atoms with Crippen LogP contribution in [0.3, 0.4) is 0 Å². The number of fused-ring (bicyclic) bond motifs is 1. The second-order valence-electron chi connectivity index (χ2n) is 7.48. The molecule has 2 N–H and O–H groups in total. The van der Waals surface area contributed by atoms with E-state index < -0.39 is 6.23 Å². The van der Waals surface area contributed by atoms with Crippen molar-refractivity contribution in [2.45, 2.75) is 32.9 Å². The van der Waals surface area contributed by atoms with E-state index in [-0.39, 0.29) is 11.8 Å². The van der Waals surface area contributed by atoms with Crippen LogP contribution in [0.25, 0.3) is 0 Å². The van der Waals surface area contributed by atoms with E-state index in [9.17, 15) is 9.90 Å². The van der Waals surface area contributed by atoms with E-state index in [1.165, 1.54) is 11.8 Å². The van der Waals surface area contributed by atoms with Gasteiger partial charge in [0.15, 0.2) is 0 Å². The number of para-hydroxylation sites is 1. The number of carbonyl (C=O) groups excluding carboxylic acids is 1. The first-order valence-electron chi connectivity index (χ1n) is 9.21. The fourth-order valence-electron chi connectivity index (χ4n) is 3.77. The monoisotopic (exact) mass is 365 g/mol. The molecule has 1 amide bonds. The van der Waals surface area contributed by atoms with E-state index in [4.69, 9.17) is 5.41 Å². The first-order valence-corrected chi connectivity index (χ1v) is 9.21. The van der Waals surface area contributed by atoms with Gasteiger partial charge in [0.25, 0.3) is 0 Å². The summed E-state index contributed by atoms with van der Waals surface area (Å²) in [4.78, 5) is 15.5. The Kier molecular flexibility index (Phi) is 5.33. The average molecular weight is 365 g/mol. The van der Waals surface area contributed by atoms with Crippen molar-refractivity contribution >= 4 is 17.4 Å². The summed E-state index contributed by atoms with van der Waals surface area (Å²) in [5.74, 6) is 0.210. The van der Waals surface area contributed by atoms with E-state index >= 15 is 0 Å². The van der Waals surface area contributed by atoms with E-state index in [0.29, 0.717) is 12.3 Å². The molecule has 2 aromatic carbocycles. The molecular weight excluding hydrogens is 338 g/mol. The maximum absolute atomic E-state index is 12.2. The fraction of sp³-hybridized carbons (Fsp3) is 0.364. The minimum atomic E-state index is -0.853. The van der Waals surface area contributed by atoms with Crippen molar-refractivity contribution in [3.05, 3.63) is 64.7 Å². The van der Waals surface area contributed by atoms with Crippen LogP contribution in [0.1, 0.15) is 29.2 Å². The van der Waals surface area contributed by atoms with Crippen molar-refractivity contribution in [3.63, 3.8) is 0 Å². The lowest BCUT2D eigenvalue weighted by molar-refractivity contribution is -0.119. The number of hydrogen-bond donors (Lipinski definition) is 2. The number of benzene rings is 2. The third kappa shape index (κ3) is 3.74. The normalized spacial score (nSPS) is 18.8. The topological polar surface area (TPSA) is 67.6 Å². The van der Waals surface area contributed by atoms with Crippen LogP contribution in [0.15, 0.2) is 42.5 Å². The number of nitrogens with zero attached hydrogens (tertiary/aromatic N) is 2. The molecule has 0 radical (unpaired) electrons. The molecule has 1 aliphatic heterocycles. The number of amides is 1. The molecule has 2 aromatic rings. The smallest absolute Gasteiger partial charge is 0.225 e. The van der Waals surface area contributed by atoms with Gasteiger partial charge in [0, 0.05) is 38.2 Å². The molecule has 142 valence electrons. The Labute approximate surface area is 160 Å². The molecule has 27 heavy (non-hydrogen) atoms. The molecule has 0 spiro atoms. The predicted molar refractivity (Wildman–Crippen MR) is 108 cm³/mol. The van der Waals surface area contributed by atoms with Gasteiger partial charge in [-0.15, -0.1) is 0 Å². The van der Waals surface area contributed by atoms with Gasteiger partial charge in [0.05, 0.1) is 0 Å². The molecule has 2 atom stereocenters. The van der Waals surface area contributed by atoms with Crippen LogP contribution in [-0.4, -0.2) is 42.1 Å². The van der Waals surface area contributed by atoms with Gasteiger partial charge in [-0.25, -0.2) is 0 Å². The Morgan fingerprint density at radius 2 is 1.96 bits per heavy atom. The molecule has 0 unspecified atom stereocenters. The van der Waals surface area contributed by atoms with Crippen molar-refractivity contribution in [2.24, 2.45) is 5.92 Å². The quantitative estimate of drug-likeness (QED) is 0.649. The van der Waals surface area contributed by atoms with Crippen molar-refractivity contribution in [1.29, 1.82) is 5.41 Å². The van der Waals surface area contributed by atoms with Gasteiger partial charge >= 0.3 is 0 Å². The second-order valence-corrected chi connectivity index (χ2v) is 7.48. The minimum Gasteiger partial charge on any atom is -0.373 e. The Morgan fingerprint density at radius 3 is 2.63 bits per heavy atom. The third-order valence-corrected chi connectivity index (χ3v) is 5.31. The Hall–Kier alpha value is -2.66. The van der Waals surface area contributed by atoms with Gasteiger partial charge in [-0.1, -0.05) is 30.3 Å². The lowest BCUT2D eigenvalue weighted by Crippen LogP contribution is -2.48. The van der Waals surface area contributed by atoms with E-state index in [1.807, 2.05) is 63.5 Å². The number of rotatable bonds is 3. The molecule has 3 rings (SSSR count). The van der Waals surface area contributed by atoms with Crippen LogP contribution in [0.4, 0.5) is 5.69 Å². The standard InChI is InChI=1S/C22H27N3O2/c1-14-9-10-17(21(23)24(3)4)12-18(14)13-19-11-16-7-5-6-8-20(16)25(15(2)26)22(19)27/h5-10,12,19,22-23,27H,11,13H2,1-4H3/t19-,22-/m0/s1. The summed E-state index contributed by atoms with van der Waals surface area (Å²) >= 11 is 0. The van der Waals surface area contributed by atoms with Crippen LogP contribution in [0, 0.1) is 18.3 Å². The highest BCUT2D eigenvalue weighted by Gasteiger charge is 2.35. The summed E-state index contributed by atoms with van der Waals surface area (Å²) < 4.78 is 0. The highest BCUT2D eigenvalue weighted by atomic mass is 16.3. The van der Waals surface area contributed by atoms with Crippen LogP contribution in [-0.2, 0) is 17.6 Å². The summed E-state index contributed by atoms with van der Waals surface area (Å²) in [5.41, 5.74) is 4.97. The van der Waals surface area contributed by atoms with Gasteiger partial charge in [0.2, 0.25) is 5.91 Å². The van der Waals surface area contributed by atoms with E-state index in [0.717, 1.165) is 34.4 Å². The van der Waals surface area contributed by atoms with Gasteiger partial charge in [-0.2, -0.15) is 0 Å². The Morgan fingerprint density at radius 1 is 1.26 bits per heavy atom. The second kappa shape index (κ2) is 7.53. The van der Waals surface area contributed by atoms with Crippen LogP contribution >= 0.6 is 0 Å². The molecule has 1 heterocycles. The van der Waals surface area contributed by atoms with Crippen LogP contribution in [0.5, 0.6) is 0 Å². The van der Waals surface area contributed by atoms with Crippen LogP contribution < -0.4 is 4.90 Å². The first-order chi connectivity index (χ1) is 12.8. The number of aliphatic hydroxyl groups excluding tert-OH is 1. The number of carbonyl (C=O) groups is 1. The summed E-state index contributed by atoms with van der Waals surface area (Å²) in [5, 5.41) is 19.1. The minimum absolute atomic E-state index is 0.0914. The van der Waals surface area contributed by atoms with Crippen molar-refractivity contribution in [2.75, 3.05) is 19.0 Å². The highest BCUT2D eigenvalue weighted by molar-refractivity contribution is 5.96. The molecular formula is C22H27N3O2. The van der Waals surface area contributed by atoms with Gasteiger partial charge in [-0.05, 0) is 48.6 Å².